The molecule has 0 bridgehead atoms. The van der Waals surface area contributed by atoms with Crippen LogP contribution >= 0.6 is 11.8 Å². The lowest BCUT2D eigenvalue weighted by atomic mass is 10.1. The predicted octanol–water partition coefficient (Wildman–Crippen LogP) is 3.07. The first-order chi connectivity index (χ1) is 16.4. The van der Waals surface area contributed by atoms with Gasteiger partial charge in [-0.15, -0.1) is 0 Å². The number of amides is 4. The highest BCUT2D eigenvalue weighted by Gasteiger charge is 2.36. The summed E-state index contributed by atoms with van der Waals surface area (Å²) in [4.78, 5) is 52.7. The number of thioether (sulfide) groups is 1. The molecule has 2 aromatic rings. The number of benzene rings is 2. The van der Waals surface area contributed by atoms with Gasteiger partial charge in [-0.05, 0) is 47.5 Å². The molecule has 9 heteroatoms. The fourth-order valence-electron chi connectivity index (χ4n) is 3.91. The average Bonchev–Trinajstić information content (AvgIpc) is 3.33. The first-order valence-corrected chi connectivity index (χ1v) is 11.8. The van der Waals surface area contributed by atoms with Gasteiger partial charge in [0.25, 0.3) is 11.1 Å². The maximum absolute atomic E-state index is 13.1. The minimum atomic E-state index is -0.448. The number of rotatable bonds is 8. The minimum Gasteiger partial charge on any atom is -0.354 e. The minimum absolute atomic E-state index is 0.0373. The van der Waals surface area contributed by atoms with Crippen molar-refractivity contribution in [2.75, 3.05) is 26.2 Å². The highest BCUT2D eigenvalue weighted by Crippen LogP contribution is 2.32. The van der Waals surface area contributed by atoms with E-state index < -0.39 is 17.1 Å². The van der Waals surface area contributed by atoms with Crippen molar-refractivity contribution in [1.29, 1.82) is 0 Å². The van der Waals surface area contributed by atoms with Crippen LogP contribution in [0, 0.1) is 11.7 Å². The SMILES string of the molecule is O=C(NCCN1C(=O)S/C(=C/c2ccc(F)cc2)C1=O)C1CC(=O)N(CCc2ccccc2)C1. The second kappa shape index (κ2) is 10.6. The van der Waals surface area contributed by atoms with E-state index >= 15 is 0 Å². The normalized spacial score (nSPS) is 19.4. The fraction of sp³-hybridized carbons (Fsp3) is 0.280. The van der Waals surface area contributed by atoms with Gasteiger partial charge < -0.3 is 10.2 Å². The molecule has 1 N–H and O–H groups in total. The van der Waals surface area contributed by atoms with E-state index in [1.54, 1.807) is 4.90 Å². The molecule has 0 saturated carbocycles. The van der Waals surface area contributed by atoms with E-state index in [1.165, 1.54) is 30.3 Å². The van der Waals surface area contributed by atoms with Crippen molar-refractivity contribution in [1.82, 2.24) is 15.1 Å². The van der Waals surface area contributed by atoms with Crippen molar-refractivity contribution in [3.8, 4) is 0 Å². The molecule has 1 atom stereocenters. The Kier molecular flexibility index (Phi) is 7.42. The molecule has 2 fully saturated rings. The second-order valence-corrected chi connectivity index (χ2v) is 9.15. The summed E-state index contributed by atoms with van der Waals surface area (Å²) < 4.78 is 13.1. The van der Waals surface area contributed by atoms with Crippen molar-refractivity contribution in [3.63, 3.8) is 0 Å². The molecule has 0 spiro atoms. The third kappa shape index (κ3) is 5.72. The van der Waals surface area contributed by atoms with Gasteiger partial charge in [0.1, 0.15) is 5.82 Å². The van der Waals surface area contributed by atoms with Crippen LogP contribution in [0.2, 0.25) is 0 Å². The van der Waals surface area contributed by atoms with Crippen molar-refractivity contribution in [2.24, 2.45) is 5.92 Å². The zero-order chi connectivity index (χ0) is 24.1. The summed E-state index contributed by atoms with van der Waals surface area (Å²) in [7, 11) is 0. The van der Waals surface area contributed by atoms with Crippen LogP contribution in [0.25, 0.3) is 6.08 Å². The molecule has 2 saturated heterocycles. The van der Waals surface area contributed by atoms with Crippen molar-refractivity contribution in [3.05, 3.63) is 76.4 Å². The van der Waals surface area contributed by atoms with Gasteiger partial charge in [0.05, 0.1) is 10.8 Å². The van der Waals surface area contributed by atoms with Crippen LogP contribution in [-0.2, 0) is 20.8 Å². The van der Waals surface area contributed by atoms with E-state index in [1.807, 2.05) is 30.3 Å². The molecular weight excluding hydrogens is 457 g/mol. The molecule has 2 aromatic carbocycles. The number of carbonyl (C=O) groups is 4. The third-order valence-corrected chi connectivity index (χ3v) is 6.68. The summed E-state index contributed by atoms with van der Waals surface area (Å²) in [6, 6.07) is 15.5. The van der Waals surface area contributed by atoms with Crippen LogP contribution in [0.15, 0.2) is 59.5 Å². The Morgan fingerprint density at radius 2 is 1.79 bits per heavy atom. The van der Waals surface area contributed by atoms with Gasteiger partial charge in [-0.1, -0.05) is 42.5 Å². The van der Waals surface area contributed by atoms with Gasteiger partial charge in [-0.2, -0.15) is 0 Å². The standard InChI is InChI=1S/C25H24FN3O4S/c26-20-8-6-18(7-9-20)14-21-24(32)29(25(33)34-21)13-11-27-23(31)19-15-22(30)28(16-19)12-10-17-4-2-1-3-5-17/h1-9,14,19H,10-13,15-16H2,(H,27,31)/b21-14+. The topological polar surface area (TPSA) is 86.8 Å². The molecule has 2 aliphatic heterocycles. The molecular formula is C25H24FN3O4S. The Labute approximate surface area is 201 Å². The molecule has 2 heterocycles. The number of hydrogen-bond donors (Lipinski definition) is 1. The third-order valence-electron chi connectivity index (χ3n) is 5.77. The first-order valence-electron chi connectivity index (χ1n) is 11.0. The number of hydrogen-bond acceptors (Lipinski definition) is 5. The molecule has 0 aromatic heterocycles. The van der Waals surface area contributed by atoms with E-state index in [2.05, 4.69) is 5.32 Å². The van der Waals surface area contributed by atoms with Crippen LogP contribution < -0.4 is 5.32 Å². The first kappa shape index (κ1) is 23.7. The Morgan fingerprint density at radius 1 is 1.06 bits per heavy atom. The highest BCUT2D eigenvalue weighted by molar-refractivity contribution is 8.18. The number of carbonyl (C=O) groups excluding carboxylic acids is 4. The number of nitrogens with one attached hydrogen (secondary N) is 1. The molecule has 4 rings (SSSR count). The largest absolute Gasteiger partial charge is 0.354 e. The lowest BCUT2D eigenvalue weighted by Gasteiger charge is -2.17. The van der Waals surface area contributed by atoms with E-state index in [0.717, 1.165) is 28.6 Å². The summed E-state index contributed by atoms with van der Waals surface area (Å²) in [5.74, 6) is -1.59. The van der Waals surface area contributed by atoms with Gasteiger partial charge >= 0.3 is 0 Å². The number of imide groups is 1. The predicted molar refractivity (Wildman–Crippen MR) is 127 cm³/mol. The Morgan fingerprint density at radius 3 is 2.53 bits per heavy atom. The Balaban J connectivity index is 1.24. The average molecular weight is 482 g/mol. The summed E-state index contributed by atoms with van der Waals surface area (Å²) in [6.45, 7) is 1.06. The van der Waals surface area contributed by atoms with Gasteiger partial charge in [0.15, 0.2) is 0 Å². The smallest absolute Gasteiger partial charge is 0.293 e. The van der Waals surface area contributed by atoms with E-state index in [-0.39, 0.29) is 42.0 Å². The Bertz CT molecular complexity index is 1120. The number of likely N-dealkylation sites (tertiary alicyclic amines) is 1. The Hall–Kier alpha value is -3.46. The summed E-state index contributed by atoms with van der Waals surface area (Å²) in [6.07, 6.45) is 2.42. The number of halogens is 1. The fourth-order valence-corrected chi connectivity index (χ4v) is 4.78. The van der Waals surface area contributed by atoms with Gasteiger partial charge in [0.2, 0.25) is 11.8 Å². The van der Waals surface area contributed by atoms with Gasteiger partial charge in [-0.25, -0.2) is 4.39 Å². The maximum atomic E-state index is 13.1. The van der Waals surface area contributed by atoms with E-state index in [0.29, 0.717) is 18.7 Å². The zero-order valence-corrected chi connectivity index (χ0v) is 19.2. The molecule has 0 aliphatic carbocycles. The lowest BCUT2D eigenvalue weighted by molar-refractivity contribution is -0.129. The molecule has 2 aliphatic rings. The van der Waals surface area contributed by atoms with Gasteiger partial charge in [0, 0.05) is 32.6 Å². The molecule has 0 radical (unpaired) electrons. The monoisotopic (exact) mass is 481 g/mol. The summed E-state index contributed by atoms with van der Waals surface area (Å²) in [5, 5.41) is 2.32. The highest BCUT2D eigenvalue weighted by atomic mass is 32.2. The zero-order valence-electron chi connectivity index (χ0n) is 18.4. The van der Waals surface area contributed by atoms with E-state index in [9.17, 15) is 23.6 Å². The molecule has 1 unspecified atom stereocenters. The van der Waals surface area contributed by atoms with E-state index in [4.69, 9.17) is 0 Å². The van der Waals surface area contributed by atoms with Crippen molar-refractivity contribution in [2.45, 2.75) is 12.8 Å². The quantitative estimate of drug-likeness (QED) is 0.586. The maximum Gasteiger partial charge on any atom is 0.293 e. The van der Waals surface area contributed by atoms with Crippen molar-refractivity contribution < 1.29 is 23.6 Å². The molecule has 7 nitrogen and oxygen atoms in total. The summed E-state index contributed by atoms with van der Waals surface area (Å²) >= 11 is 0.810. The van der Waals surface area contributed by atoms with Crippen LogP contribution in [0.3, 0.4) is 0 Å². The van der Waals surface area contributed by atoms with Crippen molar-refractivity contribution >= 4 is 40.8 Å². The number of nitrogens with zero attached hydrogens (tertiary/aromatic N) is 2. The lowest BCUT2D eigenvalue weighted by Crippen LogP contribution is -2.40. The summed E-state index contributed by atoms with van der Waals surface area (Å²) in [5.41, 5.74) is 1.75. The van der Waals surface area contributed by atoms with Crippen LogP contribution in [0.4, 0.5) is 9.18 Å². The van der Waals surface area contributed by atoms with Crippen LogP contribution in [-0.4, -0.2) is 58.9 Å². The van der Waals surface area contributed by atoms with Crippen LogP contribution in [0.5, 0.6) is 0 Å². The van der Waals surface area contributed by atoms with Crippen LogP contribution in [0.1, 0.15) is 17.5 Å². The molecule has 4 amide bonds. The van der Waals surface area contributed by atoms with Gasteiger partial charge in [-0.3, -0.25) is 24.1 Å². The second-order valence-electron chi connectivity index (χ2n) is 8.15. The molecule has 34 heavy (non-hydrogen) atoms. The molecule has 176 valence electrons.